The highest BCUT2D eigenvalue weighted by Gasteiger charge is 2.24. The number of ether oxygens (including phenoxy) is 3. The first-order valence-electron chi connectivity index (χ1n) is 10.2. The van der Waals surface area contributed by atoms with Crippen LogP contribution in [0.3, 0.4) is 0 Å². The zero-order valence-electron chi connectivity index (χ0n) is 17.9. The average molecular weight is 428 g/mol. The van der Waals surface area contributed by atoms with Gasteiger partial charge in [-0.15, -0.1) is 0 Å². The molecule has 0 aromatic heterocycles. The zero-order valence-corrected chi connectivity index (χ0v) is 17.9. The predicted molar refractivity (Wildman–Crippen MR) is 116 cm³/mol. The number of benzene rings is 2. The molecule has 166 valence electrons. The normalized spacial score (nSPS) is 16.4. The van der Waals surface area contributed by atoms with Gasteiger partial charge in [-0.25, -0.2) is 0 Å². The highest BCUT2D eigenvalue weighted by atomic mass is 16.5. The Bertz CT molecular complexity index is 878. The van der Waals surface area contributed by atoms with Gasteiger partial charge < -0.3 is 25.3 Å². The van der Waals surface area contributed by atoms with E-state index in [9.17, 15) is 9.59 Å². The zero-order chi connectivity index (χ0) is 22.2. The largest absolute Gasteiger partial charge is 0.493 e. The Labute approximate surface area is 182 Å². The van der Waals surface area contributed by atoms with E-state index in [4.69, 9.17) is 19.9 Å². The van der Waals surface area contributed by atoms with Gasteiger partial charge in [0, 0.05) is 24.7 Å². The van der Waals surface area contributed by atoms with Crippen molar-refractivity contribution >= 4 is 11.8 Å². The molecule has 2 amide bonds. The lowest BCUT2D eigenvalue weighted by Gasteiger charge is -2.33. The number of amides is 2. The Morgan fingerprint density at radius 2 is 1.81 bits per heavy atom. The summed E-state index contributed by atoms with van der Waals surface area (Å²) < 4.78 is 16.1. The van der Waals surface area contributed by atoms with Gasteiger partial charge in [-0.3, -0.25) is 14.5 Å². The number of nitrogens with two attached hydrogens (primary N) is 1. The second-order valence-corrected chi connectivity index (χ2v) is 7.50. The van der Waals surface area contributed by atoms with Crippen molar-refractivity contribution in [3.63, 3.8) is 0 Å². The van der Waals surface area contributed by atoms with Crippen molar-refractivity contribution in [2.75, 3.05) is 33.9 Å². The maximum Gasteiger partial charge on any atom is 0.255 e. The van der Waals surface area contributed by atoms with E-state index in [1.54, 1.807) is 12.1 Å². The summed E-state index contributed by atoms with van der Waals surface area (Å²) >= 11 is 0. The summed E-state index contributed by atoms with van der Waals surface area (Å²) in [5.41, 5.74) is 6.80. The minimum atomic E-state index is -0.622. The Balaban J connectivity index is 1.68. The fourth-order valence-electron chi connectivity index (χ4n) is 3.72. The molecule has 1 atom stereocenters. The van der Waals surface area contributed by atoms with Crippen LogP contribution in [0.4, 0.5) is 0 Å². The maximum absolute atomic E-state index is 12.9. The fourth-order valence-corrected chi connectivity index (χ4v) is 3.72. The molecule has 1 unspecified atom stereocenters. The van der Waals surface area contributed by atoms with Crippen molar-refractivity contribution in [1.29, 1.82) is 0 Å². The molecule has 8 heteroatoms. The molecule has 0 saturated carbocycles. The third-order valence-electron chi connectivity index (χ3n) is 5.17. The number of carbonyl (C=O) groups is 2. The maximum atomic E-state index is 12.9. The molecule has 0 aliphatic carbocycles. The van der Waals surface area contributed by atoms with Crippen molar-refractivity contribution in [2.45, 2.75) is 25.4 Å². The Kier molecular flexibility index (Phi) is 7.72. The lowest BCUT2D eigenvalue weighted by molar-refractivity contribution is -0.120. The van der Waals surface area contributed by atoms with Crippen LogP contribution in [0.2, 0.25) is 0 Å². The summed E-state index contributed by atoms with van der Waals surface area (Å²) in [6, 6.07) is 13.5. The smallest absolute Gasteiger partial charge is 0.255 e. The molecule has 3 N–H and O–H groups in total. The van der Waals surface area contributed by atoms with Crippen LogP contribution in [0.1, 0.15) is 28.8 Å². The number of hydrogen-bond acceptors (Lipinski definition) is 6. The van der Waals surface area contributed by atoms with Crippen LogP contribution in [-0.2, 0) is 11.3 Å². The summed E-state index contributed by atoms with van der Waals surface area (Å²) in [4.78, 5) is 26.3. The van der Waals surface area contributed by atoms with Crippen LogP contribution >= 0.6 is 0 Å². The molecule has 1 aliphatic rings. The van der Waals surface area contributed by atoms with Gasteiger partial charge in [-0.1, -0.05) is 30.3 Å². The van der Waals surface area contributed by atoms with E-state index in [0.717, 1.165) is 32.5 Å². The SMILES string of the molecule is COc1cc(C(=O)NC2CCCN(Cc3ccccc3)C2)cc(OC)c1OCC(N)=O. The van der Waals surface area contributed by atoms with Crippen molar-refractivity contribution in [3.05, 3.63) is 53.6 Å². The van der Waals surface area contributed by atoms with Crippen molar-refractivity contribution in [1.82, 2.24) is 10.2 Å². The van der Waals surface area contributed by atoms with Gasteiger partial charge >= 0.3 is 0 Å². The van der Waals surface area contributed by atoms with E-state index in [1.165, 1.54) is 19.8 Å². The van der Waals surface area contributed by atoms with Gasteiger partial charge in [0.15, 0.2) is 18.1 Å². The lowest BCUT2D eigenvalue weighted by atomic mass is 10.0. The second kappa shape index (κ2) is 10.7. The van der Waals surface area contributed by atoms with E-state index in [2.05, 4.69) is 22.3 Å². The topological polar surface area (TPSA) is 103 Å². The van der Waals surface area contributed by atoms with Gasteiger partial charge in [0.1, 0.15) is 0 Å². The Hall–Kier alpha value is -3.26. The summed E-state index contributed by atoms with van der Waals surface area (Å²) in [7, 11) is 2.91. The lowest BCUT2D eigenvalue weighted by Crippen LogP contribution is -2.47. The number of piperidine rings is 1. The second-order valence-electron chi connectivity index (χ2n) is 7.50. The van der Waals surface area contributed by atoms with E-state index in [1.807, 2.05) is 18.2 Å². The monoisotopic (exact) mass is 427 g/mol. The first-order chi connectivity index (χ1) is 15.0. The summed E-state index contributed by atoms with van der Waals surface area (Å²) in [6.45, 7) is 2.34. The van der Waals surface area contributed by atoms with Gasteiger partial charge in [-0.05, 0) is 37.1 Å². The highest BCUT2D eigenvalue weighted by Crippen LogP contribution is 2.38. The number of rotatable bonds is 9. The van der Waals surface area contributed by atoms with E-state index >= 15 is 0 Å². The van der Waals surface area contributed by atoms with Crippen molar-refractivity contribution < 1.29 is 23.8 Å². The molecule has 1 saturated heterocycles. The number of primary amides is 1. The van der Waals surface area contributed by atoms with Crippen molar-refractivity contribution in [2.24, 2.45) is 5.73 Å². The van der Waals surface area contributed by atoms with Crippen molar-refractivity contribution in [3.8, 4) is 17.2 Å². The highest BCUT2D eigenvalue weighted by molar-refractivity contribution is 5.96. The predicted octanol–water partition coefficient (Wildman–Crippen LogP) is 1.96. The standard InChI is InChI=1S/C23H29N3O5/c1-29-19-11-17(12-20(30-2)22(19)31-15-21(24)27)23(28)25-18-9-6-10-26(14-18)13-16-7-4-3-5-8-16/h3-5,7-8,11-12,18H,6,9-10,13-15H2,1-2H3,(H2,24,27)(H,25,28). The van der Waals surface area contributed by atoms with E-state index in [-0.39, 0.29) is 24.3 Å². The number of methoxy groups -OCH3 is 2. The van der Waals surface area contributed by atoms with Crippen LogP contribution < -0.4 is 25.3 Å². The minimum absolute atomic E-state index is 0.0488. The molecule has 3 rings (SSSR count). The quantitative estimate of drug-likeness (QED) is 0.634. The molecule has 0 bridgehead atoms. The van der Waals surface area contributed by atoms with Crippen LogP contribution in [0.25, 0.3) is 0 Å². The molecule has 2 aromatic carbocycles. The van der Waals surface area contributed by atoms with E-state index < -0.39 is 5.91 Å². The number of likely N-dealkylation sites (tertiary alicyclic amines) is 1. The number of nitrogens with zero attached hydrogens (tertiary/aromatic N) is 1. The molecule has 0 spiro atoms. The fraction of sp³-hybridized carbons (Fsp3) is 0.391. The van der Waals surface area contributed by atoms with E-state index in [0.29, 0.717) is 17.1 Å². The van der Waals surface area contributed by atoms with Crippen LogP contribution in [-0.4, -0.2) is 56.7 Å². The molecule has 1 fully saturated rings. The van der Waals surface area contributed by atoms with Gasteiger partial charge in [0.25, 0.3) is 11.8 Å². The first kappa shape index (κ1) is 22.4. The van der Waals surface area contributed by atoms with Gasteiger partial charge in [0.05, 0.1) is 14.2 Å². The minimum Gasteiger partial charge on any atom is -0.493 e. The first-order valence-corrected chi connectivity index (χ1v) is 10.2. The Morgan fingerprint density at radius 1 is 1.13 bits per heavy atom. The summed E-state index contributed by atoms with van der Waals surface area (Å²) in [5.74, 6) is -0.0276. The van der Waals surface area contributed by atoms with Crippen LogP contribution in [0.15, 0.2) is 42.5 Å². The van der Waals surface area contributed by atoms with Crippen LogP contribution in [0, 0.1) is 0 Å². The third kappa shape index (κ3) is 6.11. The van der Waals surface area contributed by atoms with Gasteiger partial charge in [-0.2, -0.15) is 0 Å². The molecular weight excluding hydrogens is 398 g/mol. The Morgan fingerprint density at radius 3 is 2.42 bits per heavy atom. The third-order valence-corrected chi connectivity index (χ3v) is 5.17. The molecule has 1 aliphatic heterocycles. The molecule has 2 aromatic rings. The molecule has 1 heterocycles. The number of hydrogen-bond donors (Lipinski definition) is 2. The average Bonchev–Trinajstić information content (AvgIpc) is 2.77. The van der Waals surface area contributed by atoms with Gasteiger partial charge in [0.2, 0.25) is 5.75 Å². The molecular formula is C23H29N3O5. The molecule has 8 nitrogen and oxygen atoms in total. The van der Waals surface area contributed by atoms with Crippen LogP contribution in [0.5, 0.6) is 17.2 Å². The number of nitrogens with one attached hydrogen (secondary N) is 1. The summed E-state index contributed by atoms with van der Waals surface area (Å²) in [6.07, 6.45) is 1.94. The summed E-state index contributed by atoms with van der Waals surface area (Å²) in [5, 5.41) is 3.12. The number of carbonyl (C=O) groups excluding carboxylic acids is 2. The molecule has 0 radical (unpaired) electrons. The molecule has 31 heavy (non-hydrogen) atoms.